The fraction of sp³-hybridized carbons (Fsp3) is 0.400. The minimum absolute atomic E-state index is 0.512. The summed E-state index contributed by atoms with van der Waals surface area (Å²) in [6, 6.07) is 0. The maximum Gasteiger partial charge on any atom is 0.0325 e. The van der Waals surface area contributed by atoms with Crippen molar-refractivity contribution in [3.05, 3.63) is 36.5 Å². The van der Waals surface area contributed by atoms with Crippen molar-refractivity contribution in [3.8, 4) is 0 Å². The third-order valence-corrected chi connectivity index (χ3v) is 2.19. The third kappa shape index (κ3) is 7.60. The average Bonchev–Trinajstić information content (AvgIpc) is 2.04. The molecule has 0 saturated carbocycles. The molecule has 0 nitrogen and oxygen atoms in total. The first-order chi connectivity index (χ1) is 5.31. The van der Waals surface area contributed by atoms with Crippen LogP contribution in [0.5, 0.6) is 0 Å². The van der Waals surface area contributed by atoms with E-state index in [1.54, 1.807) is 0 Å². The fourth-order valence-corrected chi connectivity index (χ4v) is 0.736. The molecule has 0 radical (unpaired) electrons. The summed E-state index contributed by atoms with van der Waals surface area (Å²) in [6.07, 6.45) is 13.4. The van der Waals surface area contributed by atoms with Gasteiger partial charge in [0.15, 0.2) is 0 Å². The largest absolute Gasteiger partial charge is 0.0877 e. The van der Waals surface area contributed by atoms with E-state index in [1.165, 1.54) is 0 Å². The highest BCUT2D eigenvalue weighted by Gasteiger charge is 1.89. The van der Waals surface area contributed by atoms with Gasteiger partial charge in [0.2, 0.25) is 0 Å². The van der Waals surface area contributed by atoms with Crippen molar-refractivity contribution in [2.75, 3.05) is 0 Å². The second kappa shape index (κ2) is 7.80. The zero-order chi connectivity index (χ0) is 8.53. The van der Waals surface area contributed by atoms with E-state index in [1.807, 2.05) is 31.2 Å². The van der Waals surface area contributed by atoms with Crippen molar-refractivity contribution in [3.63, 3.8) is 0 Å². The Morgan fingerprint density at radius 1 is 1.18 bits per heavy atom. The molecule has 62 valence electrons. The SMILES string of the molecule is C/C=C/C=C/C=C/C(Br)CC. The molecule has 1 heteroatoms. The fourth-order valence-electron chi connectivity index (χ4n) is 0.560. The van der Waals surface area contributed by atoms with Gasteiger partial charge in [-0.1, -0.05) is 59.3 Å². The van der Waals surface area contributed by atoms with Crippen LogP contribution in [0.4, 0.5) is 0 Å². The Hall–Kier alpha value is -0.300. The Bertz CT molecular complexity index is 154. The number of hydrogen-bond donors (Lipinski definition) is 0. The number of halogens is 1. The predicted molar refractivity (Wildman–Crippen MR) is 56.1 cm³/mol. The Labute approximate surface area is 77.8 Å². The average molecular weight is 215 g/mol. The maximum atomic E-state index is 3.51. The van der Waals surface area contributed by atoms with Crippen LogP contribution in [0.1, 0.15) is 20.3 Å². The molecule has 0 aromatic rings. The number of allylic oxidation sites excluding steroid dienone is 6. The molecule has 0 saturated heterocycles. The standard InChI is InChI=1S/C10H15Br/c1-3-5-6-7-8-9-10(11)4-2/h3,5-10H,4H2,1-2H3/b5-3+,7-6+,9-8+. The molecule has 1 unspecified atom stereocenters. The van der Waals surface area contributed by atoms with E-state index in [4.69, 9.17) is 0 Å². The first-order valence-corrected chi connectivity index (χ1v) is 4.83. The summed E-state index contributed by atoms with van der Waals surface area (Å²) >= 11 is 3.51. The summed E-state index contributed by atoms with van der Waals surface area (Å²) in [5, 5.41) is 0. The van der Waals surface area contributed by atoms with E-state index in [9.17, 15) is 0 Å². The van der Waals surface area contributed by atoms with Crippen LogP contribution >= 0.6 is 15.9 Å². The van der Waals surface area contributed by atoms with Crippen LogP contribution in [0.3, 0.4) is 0 Å². The van der Waals surface area contributed by atoms with Gasteiger partial charge in [-0.05, 0) is 13.3 Å². The monoisotopic (exact) mass is 214 g/mol. The zero-order valence-electron chi connectivity index (χ0n) is 7.13. The van der Waals surface area contributed by atoms with Crippen molar-refractivity contribution in [2.24, 2.45) is 0 Å². The van der Waals surface area contributed by atoms with Crippen LogP contribution < -0.4 is 0 Å². The molecule has 0 aromatic carbocycles. The first-order valence-electron chi connectivity index (χ1n) is 3.91. The van der Waals surface area contributed by atoms with Gasteiger partial charge in [-0.2, -0.15) is 0 Å². The second-order valence-corrected chi connectivity index (χ2v) is 3.40. The minimum atomic E-state index is 0.512. The van der Waals surface area contributed by atoms with E-state index in [2.05, 4.69) is 35.0 Å². The number of hydrogen-bond acceptors (Lipinski definition) is 0. The lowest BCUT2D eigenvalue weighted by Crippen LogP contribution is -1.85. The van der Waals surface area contributed by atoms with Crippen LogP contribution in [0.2, 0.25) is 0 Å². The van der Waals surface area contributed by atoms with E-state index in [0.29, 0.717) is 4.83 Å². The summed E-state index contributed by atoms with van der Waals surface area (Å²) in [4.78, 5) is 0.512. The van der Waals surface area contributed by atoms with Crippen molar-refractivity contribution < 1.29 is 0 Å². The van der Waals surface area contributed by atoms with Gasteiger partial charge in [0.25, 0.3) is 0 Å². The van der Waals surface area contributed by atoms with E-state index < -0.39 is 0 Å². The highest BCUT2D eigenvalue weighted by atomic mass is 79.9. The van der Waals surface area contributed by atoms with Gasteiger partial charge in [-0.25, -0.2) is 0 Å². The van der Waals surface area contributed by atoms with Crippen LogP contribution in [0, 0.1) is 0 Å². The molecular formula is C10H15Br. The quantitative estimate of drug-likeness (QED) is 0.493. The highest BCUT2D eigenvalue weighted by Crippen LogP contribution is 2.04. The van der Waals surface area contributed by atoms with Gasteiger partial charge in [0.1, 0.15) is 0 Å². The van der Waals surface area contributed by atoms with Gasteiger partial charge in [-0.15, -0.1) is 0 Å². The molecule has 0 spiro atoms. The highest BCUT2D eigenvalue weighted by molar-refractivity contribution is 9.09. The molecule has 0 aromatic heterocycles. The van der Waals surface area contributed by atoms with Crippen LogP contribution in [0.15, 0.2) is 36.5 Å². The summed E-state index contributed by atoms with van der Waals surface area (Å²) in [5.41, 5.74) is 0. The third-order valence-electron chi connectivity index (χ3n) is 1.24. The van der Waals surface area contributed by atoms with E-state index in [-0.39, 0.29) is 0 Å². The van der Waals surface area contributed by atoms with E-state index in [0.717, 1.165) is 6.42 Å². The molecule has 0 fully saturated rings. The van der Waals surface area contributed by atoms with Crippen molar-refractivity contribution >= 4 is 15.9 Å². The lowest BCUT2D eigenvalue weighted by molar-refractivity contribution is 0.992. The topological polar surface area (TPSA) is 0 Å². The Kier molecular flexibility index (Phi) is 7.59. The molecule has 0 N–H and O–H groups in total. The molecule has 1 atom stereocenters. The van der Waals surface area contributed by atoms with Crippen LogP contribution in [0.25, 0.3) is 0 Å². The Balaban J connectivity index is 3.58. The number of alkyl halides is 1. The summed E-state index contributed by atoms with van der Waals surface area (Å²) in [5.74, 6) is 0. The molecular weight excluding hydrogens is 200 g/mol. The molecule has 0 rings (SSSR count). The van der Waals surface area contributed by atoms with Crippen molar-refractivity contribution in [1.82, 2.24) is 0 Å². The lowest BCUT2D eigenvalue weighted by atomic mass is 10.3. The normalized spacial score (nSPS) is 15.5. The molecule has 0 aliphatic carbocycles. The van der Waals surface area contributed by atoms with Gasteiger partial charge < -0.3 is 0 Å². The van der Waals surface area contributed by atoms with Crippen molar-refractivity contribution in [2.45, 2.75) is 25.1 Å². The van der Waals surface area contributed by atoms with Crippen LogP contribution in [-0.2, 0) is 0 Å². The molecule has 0 heterocycles. The summed E-state index contributed by atoms with van der Waals surface area (Å²) in [7, 11) is 0. The first kappa shape index (κ1) is 10.7. The molecule has 11 heavy (non-hydrogen) atoms. The van der Waals surface area contributed by atoms with Crippen LogP contribution in [-0.4, -0.2) is 4.83 Å². The summed E-state index contributed by atoms with van der Waals surface area (Å²) < 4.78 is 0. The predicted octanol–water partition coefficient (Wildman–Crippen LogP) is 3.85. The smallest absolute Gasteiger partial charge is 0.0325 e. The van der Waals surface area contributed by atoms with Gasteiger partial charge in [0.05, 0.1) is 0 Å². The molecule has 0 amide bonds. The van der Waals surface area contributed by atoms with E-state index >= 15 is 0 Å². The Morgan fingerprint density at radius 3 is 2.36 bits per heavy atom. The minimum Gasteiger partial charge on any atom is -0.0877 e. The summed E-state index contributed by atoms with van der Waals surface area (Å²) in [6.45, 7) is 4.16. The van der Waals surface area contributed by atoms with Crippen molar-refractivity contribution in [1.29, 1.82) is 0 Å². The molecule has 0 aliphatic rings. The number of rotatable bonds is 4. The molecule has 0 bridgehead atoms. The second-order valence-electron chi connectivity index (χ2n) is 2.22. The maximum absolute atomic E-state index is 3.51. The Morgan fingerprint density at radius 2 is 1.82 bits per heavy atom. The lowest BCUT2D eigenvalue weighted by Gasteiger charge is -1.93. The van der Waals surface area contributed by atoms with Gasteiger partial charge in [-0.3, -0.25) is 0 Å². The molecule has 0 aliphatic heterocycles. The van der Waals surface area contributed by atoms with Gasteiger partial charge >= 0.3 is 0 Å². The van der Waals surface area contributed by atoms with Gasteiger partial charge in [0, 0.05) is 4.83 Å². The zero-order valence-corrected chi connectivity index (χ0v) is 8.71.